The van der Waals surface area contributed by atoms with Gasteiger partial charge in [-0.1, -0.05) is 23.2 Å². The van der Waals surface area contributed by atoms with E-state index in [1.54, 1.807) is 6.92 Å². The first-order valence-electron chi connectivity index (χ1n) is 4.50. The molecule has 2 heterocycles. The molecule has 84 valence electrons. The fourth-order valence-electron chi connectivity index (χ4n) is 1.21. The molecule has 0 fully saturated rings. The van der Waals surface area contributed by atoms with Gasteiger partial charge in [0.25, 0.3) is 0 Å². The number of carbonyl (C=O) groups is 1. The van der Waals surface area contributed by atoms with Crippen molar-refractivity contribution in [2.24, 2.45) is 0 Å². The van der Waals surface area contributed by atoms with Crippen LogP contribution in [0.4, 0.5) is 0 Å². The molecule has 7 heteroatoms. The molecule has 0 saturated carbocycles. The van der Waals surface area contributed by atoms with Crippen molar-refractivity contribution in [3.63, 3.8) is 0 Å². The van der Waals surface area contributed by atoms with E-state index in [1.807, 2.05) is 0 Å². The van der Waals surface area contributed by atoms with Gasteiger partial charge in [0.05, 0.1) is 6.61 Å². The molecule has 0 aromatic carbocycles. The summed E-state index contributed by atoms with van der Waals surface area (Å²) < 4.78 is 6.27. The van der Waals surface area contributed by atoms with Crippen molar-refractivity contribution < 1.29 is 9.53 Å². The zero-order valence-electron chi connectivity index (χ0n) is 8.28. The minimum absolute atomic E-state index is 0.151. The third kappa shape index (κ3) is 1.96. The van der Waals surface area contributed by atoms with Crippen LogP contribution in [0.1, 0.15) is 17.4 Å². The Kier molecular flexibility index (Phi) is 2.98. The second-order valence-electron chi connectivity index (χ2n) is 2.92. The van der Waals surface area contributed by atoms with Gasteiger partial charge in [0.2, 0.25) is 5.78 Å². The number of halogens is 2. The number of ether oxygens (including phenoxy) is 1. The number of esters is 1. The van der Waals surface area contributed by atoms with Crippen molar-refractivity contribution in [1.29, 1.82) is 0 Å². The fraction of sp³-hybridized carbons (Fsp3) is 0.222. The van der Waals surface area contributed by atoms with Crippen LogP contribution < -0.4 is 0 Å². The third-order valence-corrected chi connectivity index (χ3v) is 2.33. The van der Waals surface area contributed by atoms with Crippen LogP contribution in [0.15, 0.2) is 12.3 Å². The molecular weight excluding hydrogens is 253 g/mol. The van der Waals surface area contributed by atoms with Crippen molar-refractivity contribution in [1.82, 2.24) is 14.4 Å². The van der Waals surface area contributed by atoms with E-state index in [9.17, 15) is 4.79 Å². The SMILES string of the molecule is CCOC(=O)c1cn2c(Cl)cc(Cl)nc2n1. The Morgan fingerprint density at radius 3 is 2.94 bits per heavy atom. The molecule has 2 aromatic heterocycles. The number of rotatable bonds is 2. The van der Waals surface area contributed by atoms with Gasteiger partial charge in [-0.2, -0.15) is 0 Å². The molecule has 0 radical (unpaired) electrons. The molecule has 0 spiro atoms. The van der Waals surface area contributed by atoms with Crippen LogP contribution in [-0.2, 0) is 4.74 Å². The molecule has 5 nitrogen and oxygen atoms in total. The summed E-state index contributed by atoms with van der Waals surface area (Å²) in [6.45, 7) is 2.00. The summed E-state index contributed by atoms with van der Waals surface area (Å²) in [4.78, 5) is 19.3. The molecule has 0 atom stereocenters. The van der Waals surface area contributed by atoms with E-state index >= 15 is 0 Å². The molecule has 2 aromatic rings. The average molecular weight is 260 g/mol. The highest BCUT2D eigenvalue weighted by Gasteiger charge is 2.14. The molecule has 0 saturated heterocycles. The Morgan fingerprint density at radius 1 is 1.50 bits per heavy atom. The quantitative estimate of drug-likeness (QED) is 0.613. The van der Waals surface area contributed by atoms with Gasteiger partial charge in [-0.25, -0.2) is 14.8 Å². The fourth-order valence-corrected chi connectivity index (χ4v) is 1.67. The van der Waals surface area contributed by atoms with Crippen LogP contribution in [0.5, 0.6) is 0 Å². The van der Waals surface area contributed by atoms with Crippen molar-refractivity contribution in [3.8, 4) is 0 Å². The number of nitrogens with zero attached hydrogens (tertiary/aromatic N) is 3. The number of carbonyl (C=O) groups excluding carboxylic acids is 1. The summed E-state index contributed by atoms with van der Waals surface area (Å²) >= 11 is 11.6. The lowest BCUT2D eigenvalue weighted by atomic mass is 10.5. The van der Waals surface area contributed by atoms with Gasteiger partial charge < -0.3 is 4.74 Å². The molecule has 0 unspecified atom stereocenters. The Balaban J connectivity index is 2.51. The van der Waals surface area contributed by atoms with E-state index in [1.165, 1.54) is 16.7 Å². The van der Waals surface area contributed by atoms with Crippen LogP contribution in [0.2, 0.25) is 10.3 Å². The first-order valence-corrected chi connectivity index (χ1v) is 5.25. The van der Waals surface area contributed by atoms with E-state index in [-0.39, 0.29) is 23.2 Å². The summed E-state index contributed by atoms with van der Waals surface area (Å²) in [7, 11) is 0. The standard InChI is InChI=1S/C9H7Cl2N3O2/c1-2-16-8(15)5-4-14-7(11)3-6(10)13-9(14)12-5/h3-4H,2H2,1H3. The molecule has 0 aliphatic rings. The second kappa shape index (κ2) is 4.27. The predicted molar refractivity (Wildman–Crippen MR) is 59.0 cm³/mol. The number of hydrogen-bond acceptors (Lipinski definition) is 4. The Morgan fingerprint density at radius 2 is 2.25 bits per heavy atom. The summed E-state index contributed by atoms with van der Waals surface area (Å²) in [5.41, 5.74) is 0.151. The highest BCUT2D eigenvalue weighted by atomic mass is 35.5. The highest BCUT2D eigenvalue weighted by Crippen LogP contribution is 2.17. The van der Waals surface area contributed by atoms with Gasteiger partial charge in [0, 0.05) is 12.3 Å². The first kappa shape index (κ1) is 11.2. The van der Waals surface area contributed by atoms with Crippen LogP contribution >= 0.6 is 23.2 Å². The zero-order chi connectivity index (χ0) is 11.7. The number of aromatic nitrogens is 3. The molecule has 2 rings (SSSR count). The molecule has 0 aliphatic carbocycles. The topological polar surface area (TPSA) is 56.5 Å². The van der Waals surface area contributed by atoms with Gasteiger partial charge >= 0.3 is 5.97 Å². The molecular formula is C9H7Cl2N3O2. The van der Waals surface area contributed by atoms with E-state index < -0.39 is 5.97 Å². The van der Waals surface area contributed by atoms with Gasteiger partial charge in [0.15, 0.2) is 5.69 Å². The summed E-state index contributed by atoms with van der Waals surface area (Å²) in [5, 5.41) is 0.552. The first-order chi connectivity index (χ1) is 7.61. The smallest absolute Gasteiger partial charge is 0.358 e. The summed E-state index contributed by atoms with van der Waals surface area (Å²) in [5.74, 6) is -0.249. The average Bonchev–Trinajstić information content (AvgIpc) is 2.62. The highest BCUT2D eigenvalue weighted by molar-refractivity contribution is 6.33. The summed E-state index contributed by atoms with van der Waals surface area (Å²) in [6.07, 6.45) is 1.46. The van der Waals surface area contributed by atoms with E-state index in [0.29, 0.717) is 5.15 Å². The lowest BCUT2D eigenvalue weighted by molar-refractivity contribution is 0.0520. The lowest BCUT2D eigenvalue weighted by Gasteiger charge is -1.95. The number of hydrogen-bond donors (Lipinski definition) is 0. The van der Waals surface area contributed by atoms with Crippen LogP contribution in [0.25, 0.3) is 5.78 Å². The van der Waals surface area contributed by atoms with Gasteiger partial charge in [0.1, 0.15) is 10.3 Å². The molecule has 0 N–H and O–H groups in total. The monoisotopic (exact) mass is 259 g/mol. The van der Waals surface area contributed by atoms with Crippen LogP contribution in [-0.4, -0.2) is 26.9 Å². The lowest BCUT2D eigenvalue weighted by Crippen LogP contribution is -2.04. The van der Waals surface area contributed by atoms with Gasteiger partial charge in [-0.05, 0) is 6.92 Å². The Labute approximate surface area is 101 Å². The van der Waals surface area contributed by atoms with Crippen LogP contribution in [0.3, 0.4) is 0 Å². The maximum atomic E-state index is 11.4. The van der Waals surface area contributed by atoms with Crippen LogP contribution in [0, 0.1) is 0 Å². The van der Waals surface area contributed by atoms with E-state index in [4.69, 9.17) is 27.9 Å². The molecule has 0 aliphatic heterocycles. The Hall–Kier alpha value is -1.33. The second-order valence-corrected chi connectivity index (χ2v) is 3.69. The zero-order valence-corrected chi connectivity index (χ0v) is 9.79. The number of imidazole rings is 1. The molecule has 16 heavy (non-hydrogen) atoms. The Bertz CT molecular complexity index is 553. The third-order valence-electron chi connectivity index (χ3n) is 1.85. The van der Waals surface area contributed by atoms with Crippen molar-refractivity contribution >= 4 is 34.9 Å². The maximum absolute atomic E-state index is 11.4. The van der Waals surface area contributed by atoms with Gasteiger partial charge in [-0.3, -0.25) is 4.40 Å². The van der Waals surface area contributed by atoms with Crippen molar-refractivity contribution in [2.45, 2.75) is 6.92 Å². The van der Waals surface area contributed by atoms with E-state index in [2.05, 4.69) is 9.97 Å². The maximum Gasteiger partial charge on any atom is 0.358 e. The van der Waals surface area contributed by atoms with Gasteiger partial charge in [-0.15, -0.1) is 0 Å². The van der Waals surface area contributed by atoms with Crippen molar-refractivity contribution in [2.75, 3.05) is 6.61 Å². The number of fused-ring (bicyclic) bond motifs is 1. The van der Waals surface area contributed by atoms with Crippen molar-refractivity contribution in [3.05, 3.63) is 28.3 Å². The summed E-state index contributed by atoms with van der Waals surface area (Å²) in [6, 6.07) is 1.47. The molecule has 0 amide bonds. The molecule has 0 bridgehead atoms. The minimum Gasteiger partial charge on any atom is -0.461 e. The van der Waals surface area contributed by atoms with E-state index in [0.717, 1.165) is 0 Å². The normalized spacial score (nSPS) is 10.7. The largest absolute Gasteiger partial charge is 0.461 e. The minimum atomic E-state index is -0.514. The predicted octanol–water partition coefficient (Wildman–Crippen LogP) is 2.21.